The van der Waals surface area contributed by atoms with Gasteiger partial charge in [0.15, 0.2) is 0 Å². The molecular weight excluding hydrogens is 682 g/mol. The molecule has 38 heavy (non-hydrogen) atoms. The third-order valence-electron chi connectivity index (χ3n) is 3.96. The maximum Gasteiger partial charge on any atom is 0.411 e. The first-order chi connectivity index (χ1) is 17.3. The maximum absolute atomic E-state index is 11.9. The van der Waals surface area contributed by atoms with Gasteiger partial charge in [0.2, 0.25) is 0 Å². The number of halogens is 13. The smallest absolute Gasteiger partial charge is 0.411 e. The van der Waals surface area contributed by atoms with Gasteiger partial charge in [0.1, 0.15) is 13.2 Å². The van der Waals surface area contributed by atoms with Crippen LogP contribution in [0.3, 0.4) is 0 Å². The first-order valence-corrected chi connectivity index (χ1v) is 12.0. The Labute approximate surface area is 245 Å². The van der Waals surface area contributed by atoms with Gasteiger partial charge in [-0.1, -0.05) is 69.6 Å². The number of ether oxygens (including phenoxy) is 2. The topological polar surface area (TPSA) is 72.8 Å². The largest absolute Gasteiger partial charge is 0.478 e. The number of carbonyl (C=O) groups is 2. The van der Waals surface area contributed by atoms with Gasteiger partial charge in [-0.05, 0) is 23.7 Å². The third-order valence-corrected chi connectivity index (χ3v) is 6.26. The second kappa shape index (κ2) is 14.7. The minimum atomic E-state index is -4.50. The van der Waals surface area contributed by atoms with Crippen LogP contribution < -0.4 is 0 Å². The van der Waals surface area contributed by atoms with E-state index >= 15 is 0 Å². The molecule has 18 heteroatoms. The third kappa shape index (κ3) is 10.9. The van der Waals surface area contributed by atoms with Crippen molar-refractivity contribution in [1.82, 2.24) is 0 Å². The summed E-state index contributed by atoms with van der Waals surface area (Å²) in [6.45, 7) is -4.06. The summed E-state index contributed by atoms with van der Waals surface area (Å²) in [7, 11) is 0. The van der Waals surface area contributed by atoms with Crippen LogP contribution in [0.15, 0.2) is 12.1 Å². The fourth-order valence-electron chi connectivity index (χ4n) is 2.44. The molecule has 0 saturated heterocycles. The number of hydrogen-bond donors (Lipinski definition) is 1. The van der Waals surface area contributed by atoms with E-state index in [4.69, 9.17) is 86.3 Å². The number of alkyl halides is 6. The molecular formula is C20H11Cl7F6O5. The molecule has 0 spiro atoms. The van der Waals surface area contributed by atoms with Crippen LogP contribution in [0.5, 0.6) is 0 Å². The average molecular weight is 693 g/mol. The summed E-state index contributed by atoms with van der Waals surface area (Å²) in [6, 6.07) is 2.25. The van der Waals surface area contributed by atoms with E-state index in [2.05, 4.69) is 9.47 Å². The molecule has 0 bridgehead atoms. The van der Waals surface area contributed by atoms with E-state index in [1.54, 1.807) is 0 Å². The van der Waals surface area contributed by atoms with Gasteiger partial charge in [-0.25, -0.2) is 4.79 Å². The first-order valence-electron chi connectivity index (χ1n) is 9.31. The zero-order valence-corrected chi connectivity index (χ0v) is 23.3. The summed E-state index contributed by atoms with van der Waals surface area (Å²) in [5.74, 6) is -1.41. The number of benzene rings is 2. The first kappa shape index (κ1) is 35.1. The van der Waals surface area contributed by atoms with Crippen molar-refractivity contribution in [2.75, 3.05) is 13.2 Å². The van der Waals surface area contributed by atoms with Crippen molar-refractivity contribution in [3.05, 3.63) is 64.5 Å². The van der Waals surface area contributed by atoms with Gasteiger partial charge < -0.3 is 14.6 Å². The van der Waals surface area contributed by atoms with Gasteiger partial charge in [-0.15, -0.1) is 0 Å². The van der Waals surface area contributed by atoms with Gasteiger partial charge in [0.25, 0.3) is 5.24 Å². The number of hydrogen-bond acceptors (Lipinski definition) is 4. The van der Waals surface area contributed by atoms with E-state index in [-0.39, 0.29) is 46.8 Å². The molecule has 0 atom stereocenters. The second-order valence-corrected chi connectivity index (χ2v) is 9.54. The number of carboxylic acid groups (broad SMARTS) is 1. The van der Waals surface area contributed by atoms with E-state index in [1.165, 1.54) is 0 Å². The van der Waals surface area contributed by atoms with Crippen LogP contribution in [0.25, 0.3) is 0 Å². The number of carbonyl (C=O) groups excluding carboxylic acids is 1. The Bertz CT molecular complexity index is 1100. The van der Waals surface area contributed by atoms with E-state index in [9.17, 15) is 35.9 Å². The SMILES string of the molecule is O=C(Cl)c1c(Cl)cc(Cl)c(COCC(F)(F)F)c1Cl.O=C(O)c1c(Cl)cc(Cl)c(COCC(F)(F)F)c1Cl. The van der Waals surface area contributed by atoms with Crippen molar-refractivity contribution in [3.8, 4) is 0 Å². The molecule has 0 radical (unpaired) electrons. The van der Waals surface area contributed by atoms with Gasteiger partial charge in [0, 0.05) is 21.2 Å². The fourth-order valence-corrected chi connectivity index (χ4v) is 4.81. The molecule has 2 aromatic carbocycles. The Balaban J connectivity index is 0.000000380. The van der Waals surface area contributed by atoms with E-state index < -0.39 is 55.6 Å². The molecule has 2 aromatic rings. The Morgan fingerprint density at radius 1 is 0.684 bits per heavy atom. The summed E-state index contributed by atoms with van der Waals surface area (Å²) in [5, 5.41) is 7.00. The van der Waals surface area contributed by atoms with Crippen LogP contribution >= 0.6 is 81.2 Å². The Hall–Kier alpha value is -0.890. The Morgan fingerprint density at radius 2 is 1.03 bits per heavy atom. The maximum atomic E-state index is 11.9. The highest BCUT2D eigenvalue weighted by Crippen LogP contribution is 2.36. The number of aromatic carboxylic acids is 1. The predicted molar refractivity (Wildman–Crippen MR) is 132 cm³/mol. The van der Waals surface area contributed by atoms with Crippen molar-refractivity contribution in [1.29, 1.82) is 0 Å². The van der Waals surface area contributed by atoms with Crippen molar-refractivity contribution >= 4 is 92.4 Å². The highest BCUT2D eigenvalue weighted by molar-refractivity contribution is 6.70. The zero-order valence-electron chi connectivity index (χ0n) is 18.0. The van der Waals surface area contributed by atoms with E-state index in [0.717, 1.165) is 12.1 Å². The normalized spacial score (nSPS) is 11.7. The van der Waals surface area contributed by atoms with Crippen LogP contribution in [0.4, 0.5) is 26.3 Å². The molecule has 0 amide bonds. The van der Waals surface area contributed by atoms with Gasteiger partial charge >= 0.3 is 18.3 Å². The zero-order chi connectivity index (χ0) is 29.6. The van der Waals surface area contributed by atoms with Crippen molar-refractivity contribution in [2.24, 2.45) is 0 Å². The molecule has 2 rings (SSSR count). The molecule has 0 aromatic heterocycles. The van der Waals surface area contributed by atoms with Crippen molar-refractivity contribution in [2.45, 2.75) is 25.6 Å². The van der Waals surface area contributed by atoms with Gasteiger partial charge in [0.05, 0.1) is 44.4 Å². The molecule has 0 aliphatic heterocycles. The molecule has 1 N–H and O–H groups in total. The molecule has 0 aliphatic rings. The monoisotopic (exact) mass is 690 g/mol. The Kier molecular flexibility index (Phi) is 13.6. The predicted octanol–water partition coefficient (Wildman–Crippen LogP) is 9.53. The summed E-state index contributed by atoms with van der Waals surface area (Å²) in [4.78, 5) is 22.0. The average Bonchev–Trinajstić information content (AvgIpc) is 2.70. The second-order valence-electron chi connectivity index (χ2n) is 6.81. The highest BCUT2D eigenvalue weighted by Gasteiger charge is 2.29. The van der Waals surface area contributed by atoms with Crippen molar-refractivity contribution in [3.63, 3.8) is 0 Å². The number of carboxylic acids is 1. The molecule has 212 valence electrons. The van der Waals surface area contributed by atoms with Gasteiger partial charge in [-0.2, -0.15) is 26.3 Å². The van der Waals surface area contributed by atoms with E-state index in [1.807, 2.05) is 0 Å². The summed E-state index contributed by atoms with van der Waals surface area (Å²) < 4.78 is 80.4. The van der Waals surface area contributed by atoms with Crippen LogP contribution in [0.1, 0.15) is 31.8 Å². The van der Waals surface area contributed by atoms with E-state index in [0.29, 0.717) is 0 Å². The van der Waals surface area contributed by atoms with Crippen LogP contribution in [-0.2, 0) is 22.7 Å². The molecule has 0 aliphatic carbocycles. The van der Waals surface area contributed by atoms with Crippen molar-refractivity contribution < 1.29 is 50.5 Å². The summed E-state index contributed by atoms with van der Waals surface area (Å²) in [5.41, 5.74) is -0.700. The van der Waals surface area contributed by atoms with Crippen LogP contribution in [0.2, 0.25) is 30.1 Å². The lowest BCUT2D eigenvalue weighted by atomic mass is 10.1. The van der Waals surface area contributed by atoms with Crippen LogP contribution in [-0.4, -0.2) is 41.9 Å². The minimum absolute atomic E-state index is 0.0148. The summed E-state index contributed by atoms with van der Waals surface area (Å²) >= 11 is 39.7. The molecule has 0 unspecified atom stereocenters. The number of rotatable bonds is 8. The molecule has 5 nitrogen and oxygen atoms in total. The highest BCUT2D eigenvalue weighted by atomic mass is 35.5. The van der Waals surface area contributed by atoms with Gasteiger partial charge in [-0.3, -0.25) is 4.79 Å². The van der Waals surface area contributed by atoms with Crippen LogP contribution in [0, 0.1) is 0 Å². The summed E-state index contributed by atoms with van der Waals surface area (Å²) in [6.07, 6.45) is -8.97. The lowest BCUT2D eigenvalue weighted by molar-refractivity contribution is -0.177. The standard InChI is InChI=1S/C10H5Cl4F3O2.C10H6Cl3F3O3/c11-5-1-6(12)7(9(14)18)8(13)4(5)2-19-3-10(15,16)17;11-5-1-6(12)7(9(17)18)8(13)4(5)2-19-3-10(14,15)16/h1H,2-3H2;1H,2-3H2,(H,17,18). The fraction of sp³-hybridized carbons (Fsp3) is 0.300. The minimum Gasteiger partial charge on any atom is -0.478 e. The molecule has 0 heterocycles. The lowest BCUT2D eigenvalue weighted by Gasteiger charge is -2.12. The Morgan fingerprint density at radius 3 is 1.34 bits per heavy atom. The lowest BCUT2D eigenvalue weighted by Crippen LogP contribution is -2.17. The molecule has 0 fully saturated rings. The quantitative estimate of drug-likeness (QED) is 0.220. The molecule has 0 saturated carbocycles.